The molecule has 0 saturated carbocycles. The molecule has 2 heteroatoms. The fourth-order valence-electron chi connectivity index (χ4n) is 4.12. The number of hydrogen-bond acceptors (Lipinski definition) is 2. The maximum absolute atomic E-state index is 10.6. The second kappa shape index (κ2) is 8.07. The average molecular weight is 378 g/mol. The number of aliphatic hydroxyl groups excluding tert-OH is 1. The SMILES string of the molecule is OC(O)=C(c1ccccc1)C(c1ccccc1)(c1ccccc1)c1ccccc1. The van der Waals surface area contributed by atoms with Gasteiger partial charge >= 0.3 is 0 Å². The van der Waals surface area contributed by atoms with Crippen molar-refractivity contribution in [2.24, 2.45) is 0 Å². The van der Waals surface area contributed by atoms with Crippen molar-refractivity contribution in [3.63, 3.8) is 0 Å². The molecule has 2 nitrogen and oxygen atoms in total. The van der Waals surface area contributed by atoms with Crippen LogP contribution in [0.15, 0.2) is 127 Å². The highest BCUT2D eigenvalue weighted by molar-refractivity contribution is 5.84. The van der Waals surface area contributed by atoms with Crippen LogP contribution in [0.3, 0.4) is 0 Å². The number of rotatable bonds is 5. The predicted octanol–water partition coefficient (Wildman–Crippen LogP) is 6.51. The molecule has 0 spiro atoms. The first-order valence-corrected chi connectivity index (χ1v) is 9.59. The van der Waals surface area contributed by atoms with Crippen LogP contribution < -0.4 is 0 Å². The molecular formula is C27H22O2. The second-order valence-corrected chi connectivity index (χ2v) is 6.91. The van der Waals surface area contributed by atoms with Gasteiger partial charge in [0.2, 0.25) is 0 Å². The van der Waals surface area contributed by atoms with Crippen molar-refractivity contribution in [2.75, 3.05) is 0 Å². The smallest absolute Gasteiger partial charge is 0.279 e. The lowest BCUT2D eigenvalue weighted by atomic mass is 9.63. The molecule has 0 aliphatic carbocycles. The van der Waals surface area contributed by atoms with Crippen LogP contribution in [-0.2, 0) is 5.41 Å². The maximum atomic E-state index is 10.6. The summed E-state index contributed by atoms with van der Waals surface area (Å²) >= 11 is 0. The van der Waals surface area contributed by atoms with Crippen molar-refractivity contribution < 1.29 is 10.2 Å². The predicted molar refractivity (Wildman–Crippen MR) is 118 cm³/mol. The Morgan fingerprint density at radius 3 is 1.07 bits per heavy atom. The summed E-state index contributed by atoms with van der Waals surface area (Å²) in [4.78, 5) is 0. The molecule has 0 heterocycles. The van der Waals surface area contributed by atoms with Crippen LogP contribution in [-0.4, -0.2) is 10.2 Å². The molecular weight excluding hydrogens is 356 g/mol. The molecule has 4 rings (SSSR count). The molecule has 0 atom stereocenters. The van der Waals surface area contributed by atoms with Crippen molar-refractivity contribution >= 4 is 5.57 Å². The summed E-state index contributed by atoms with van der Waals surface area (Å²) < 4.78 is 0. The van der Waals surface area contributed by atoms with Crippen LogP contribution >= 0.6 is 0 Å². The highest BCUT2D eigenvalue weighted by Gasteiger charge is 2.43. The normalized spacial score (nSPS) is 11.0. The van der Waals surface area contributed by atoms with Gasteiger partial charge in [-0.3, -0.25) is 0 Å². The highest BCUT2D eigenvalue weighted by atomic mass is 16.5. The Balaban J connectivity index is 2.18. The van der Waals surface area contributed by atoms with Crippen LogP contribution in [0.2, 0.25) is 0 Å². The van der Waals surface area contributed by atoms with Crippen molar-refractivity contribution in [3.8, 4) is 0 Å². The van der Waals surface area contributed by atoms with E-state index in [4.69, 9.17) is 0 Å². The lowest BCUT2D eigenvalue weighted by molar-refractivity contribution is 0.191. The summed E-state index contributed by atoms with van der Waals surface area (Å²) in [5, 5.41) is 21.2. The molecule has 0 aromatic heterocycles. The van der Waals surface area contributed by atoms with Gasteiger partial charge in [-0.05, 0) is 22.3 Å². The van der Waals surface area contributed by atoms with Gasteiger partial charge in [0.25, 0.3) is 5.95 Å². The van der Waals surface area contributed by atoms with Crippen LogP contribution in [0, 0.1) is 0 Å². The van der Waals surface area contributed by atoms with Gasteiger partial charge in [0.15, 0.2) is 0 Å². The zero-order valence-corrected chi connectivity index (χ0v) is 15.9. The summed E-state index contributed by atoms with van der Waals surface area (Å²) in [5.41, 5.74) is 3.17. The van der Waals surface area contributed by atoms with E-state index in [1.54, 1.807) is 0 Å². The lowest BCUT2D eigenvalue weighted by Crippen LogP contribution is -2.32. The molecule has 0 saturated heterocycles. The molecule has 2 N–H and O–H groups in total. The fraction of sp³-hybridized carbons (Fsp3) is 0.0370. The minimum atomic E-state index is -0.899. The standard InChI is InChI=1S/C27H22O2/c28-26(29)25(21-13-5-1-6-14-21)27(22-15-7-2-8-16-22,23-17-9-3-10-18-23)24-19-11-4-12-20-24/h1-20,28-29H. The third kappa shape index (κ3) is 3.30. The Bertz CT molecular complexity index is 986. The zero-order valence-electron chi connectivity index (χ0n) is 15.9. The summed E-state index contributed by atoms with van der Waals surface area (Å²) in [6.07, 6.45) is 0. The molecule has 0 aliphatic heterocycles. The van der Waals surface area contributed by atoms with Crippen LogP contribution in [0.25, 0.3) is 5.57 Å². The Morgan fingerprint density at radius 2 is 0.759 bits per heavy atom. The quantitative estimate of drug-likeness (QED) is 0.307. The van der Waals surface area contributed by atoms with E-state index in [-0.39, 0.29) is 0 Å². The van der Waals surface area contributed by atoms with Crippen LogP contribution in [0.5, 0.6) is 0 Å². The minimum Gasteiger partial charge on any atom is -0.481 e. The number of allylic oxidation sites excluding steroid dienone is 1. The first-order valence-electron chi connectivity index (χ1n) is 9.59. The van der Waals surface area contributed by atoms with Gasteiger partial charge in [0, 0.05) is 0 Å². The van der Waals surface area contributed by atoms with Crippen molar-refractivity contribution in [3.05, 3.63) is 150 Å². The molecule has 0 unspecified atom stereocenters. The molecule has 0 aliphatic rings. The molecule has 29 heavy (non-hydrogen) atoms. The van der Waals surface area contributed by atoms with Gasteiger partial charge < -0.3 is 10.2 Å². The van der Waals surface area contributed by atoms with Gasteiger partial charge in [0.1, 0.15) is 0 Å². The molecule has 0 radical (unpaired) electrons. The van der Waals surface area contributed by atoms with Crippen LogP contribution in [0.1, 0.15) is 22.3 Å². The van der Waals surface area contributed by atoms with Crippen molar-refractivity contribution in [2.45, 2.75) is 5.41 Å². The van der Waals surface area contributed by atoms with Crippen molar-refractivity contribution in [1.29, 1.82) is 0 Å². The summed E-state index contributed by atoms with van der Waals surface area (Å²) in [5.74, 6) is -0.687. The molecule has 4 aromatic rings. The molecule has 0 bridgehead atoms. The fourth-order valence-corrected chi connectivity index (χ4v) is 4.12. The Morgan fingerprint density at radius 1 is 0.448 bits per heavy atom. The summed E-state index contributed by atoms with van der Waals surface area (Å²) in [7, 11) is 0. The zero-order chi connectivity index (χ0) is 20.1. The van der Waals surface area contributed by atoms with Crippen molar-refractivity contribution in [1.82, 2.24) is 0 Å². The number of aliphatic hydroxyl groups is 2. The highest BCUT2D eigenvalue weighted by Crippen LogP contribution is 2.49. The Kier molecular flexibility index (Phi) is 5.17. The van der Waals surface area contributed by atoms with E-state index < -0.39 is 11.4 Å². The number of hydrogen-bond donors (Lipinski definition) is 2. The van der Waals surface area contributed by atoms with E-state index >= 15 is 0 Å². The second-order valence-electron chi connectivity index (χ2n) is 6.91. The molecule has 0 amide bonds. The van der Waals surface area contributed by atoms with Crippen LogP contribution in [0.4, 0.5) is 0 Å². The van der Waals surface area contributed by atoms with E-state index in [1.807, 2.05) is 121 Å². The largest absolute Gasteiger partial charge is 0.481 e. The topological polar surface area (TPSA) is 40.5 Å². The van der Waals surface area contributed by atoms with Gasteiger partial charge in [-0.15, -0.1) is 0 Å². The third-order valence-electron chi connectivity index (χ3n) is 5.28. The van der Waals surface area contributed by atoms with Gasteiger partial charge in [-0.1, -0.05) is 121 Å². The Labute approximate surface area is 171 Å². The maximum Gasteiger partial charge on any atom is 0.279 e. The third-order valence-corrected chi connectivity index (χ3v) is 5.28. The van der Waals surface area contributed by atoms with Gasteiger partial charge in [0.05, 0.1) is 11.0 Å². The summed E-state index contributed by atoms with van der Waals surface area (Å²) in [6.45, 7) is 0. The molecule has 142 valence electrons. The minimum absolute atomic E-state index is 0.446. The van der Waals surface area contributed by atoms with Gasteiger partial charge in [-0.2, -0.15) is 0 Å². The average Bonchev–Trinajstić information content (AvgIpc) is 2.79. The van der Waals surface area contributed by atoms with E-state index in [0.29, 0.717) is 5.57 Å². The lowest BCUT2D eigenvalue weighted by Gasteiger charge is -2.38. The molecule has 4 aromatic carbocycles. The van der Waals surface area contributed by atoms with E-state index in [1.165, 1.54) is 0 Å². The first kappa shape index (κ1) is 18.6. The Hall–Kier alpha value is -3.78. The first-order chi connectivity index (χ1) is 14.2. The van der Waals surface area contributed by atoms with Gasteiger partial charge in [-0.25, -0.2) is 0 Å². The monoisotopic (exact) mass is 378 g/mol. The number of benzene rings is 4. The van der Waals surface area contributed by atoms with E-state index in [2.05, 4.69) is 0 Å². The van der Waals surface area contributed by atoms with E-state index in [9.17, 15) is 10.2 Å². The molecule has 0 fully saturated rings. The summed E-state index contributed by atoms with van der Waals surface area (Å²) in [6, 6.07) is 39.5. The van der Waals surface area contributed by atoms with E-state index in [0.717, 1.165) is 22.3 Å².